The van der Waals surface area contributed by atoms with Gasteiger partial charge in [-0.05, 0) is 25.9 Å². The van der Waals surface area contributed by atoms with Gasteiger partial charge < -0.3 is 14.5 Å². The summed E-state index contributed by atoms with van der Waals surface area (Å²) in [6, 6.07) is 0.258. The molecule has 106 valence electrons. The number of nitrogen functional groups attached to an aromatic ring is 1. The van der Waals surface area contributed by atoms with Crippen LogP contribution >= 0.6 is 0 Å². The van der Waals surface area contributed by atoms with Gasteiger partial charge in [0.05, 0.1) is 7.11 Å². The van der Waals surface area contributed by atoms with Crippen LogP contribution in [-0.4, -0.2) is 60.7 Å². The van der Waals surface area contributed by atoms with Crippen molar-refractivity contribution in [1.82, 2.24) is 19.9 Å². The minimum Gasteiger partial charge on any atom is -0.467 e. The van der Waals surface area contributed by atoms with Gasteiger partial charge in [-0.2, -0.15) is 15.0 Å². The van der Waals surface area contributed by atoms with Gasteiger partial charge in [0, 0.05) is 20.1 Å². The Kier molecular flexibility index (Phi) is 4.33. The predicted molar refractivity (Wildman–Crippen MR) is 73.1 cm³/mol. The first-order valence-electron chi connectivity index (χ1n) is 6.28. The number of nitrogens with two attached hydrogens (primary N) is 1. The first-order valence-corrected chi connectivity index (χ1v) is 6.28. The number of ether oxygens (including phenoxy) is 1. The number of anilines is 2. The summed E-state index contributed by atoms with van der Waals surface area (Å²) in [7, 11) is 5.63. The number of nitrogens with one attached hydrogen (secondary N) is 1. The van der Waals surface area contributed by atoms with Crippen LogP contribution < -0.4 is 20.9 Å². The van der Waals surface area contributed by atoms with Gasteiger partial charge in [-0.25, -0.2) is 5.84 Å². The van der Waals surface area contributed by atoms with E-state index in [4.69, 9.17) is 10.6 Å². The molecule has 0 aromatic carbocycles. The van der Waals surface area contributed by atoms with E-state index in [0.29, 0.717) is 17.8 Å². The lowest BCUT2D eigenvalue weighted by Crippen LogP contribution is -2.29. The zero-order chi connectivity index (χ0) is 13.8. The number of rotatable bonds is 5. The summed E-state index contributed by atoms with van der Waals surface area (Å²) in [6.45, 7) is 3.16. The molecule has 0 spiro atoms. The molecule has 1 aromatic rings. The molecule has 19 heavy (non-hydrogen) atoms. The molecule has 8 nitrogen and oxygen atoms in total. The van der Waals surface area contributed by atoms with Crippen LogP contribution in [0.3, 0.4) is 0 Å². The molecule has 0 bridgehead atoms. The Hall–Kier alpha value is -1.67. The van der Waals surface area contributed by atoms with Gasteiger partial charge in [-0.15, -0.1) is 0 Å². The summed E-state index contributed by atoms with van der Waals surface area (Å²) in [5.41, 5.74) is 2.42. The summed E-state index contributed by atoms with van der Waals surface area (Å²) >= 11 is 0. The number of hydrazine groups is 1. The summed E-state index contributed by atoms with van der Waals surface area (Å²) in [5, 5.41) is 0. The van der Waals surface area contributed by atoms with Crippen LogP contribution in [0.4, 0.5) is 11.9 Å². The molecule has 1 atom stereocenters. The van der Waals surface area contributed by atoms with Crippen LogP contribution in [0.1, 0.15) is 6.42 Å². The molecular weight excluding hydrogens is 246 g/mol. The number of methoxy groups -OCH3 is 1. The smallest absolute Gasteiger partial charge is 0.322 e. The predicted octanol–water partition coefficient (Wildman–Crippen LogP) is -0.446. The van der Waals surface area contributed by atoms with Crippen LogP contribution in [-0.2, 0) is 0 Å². The maximum atomic E-state index is 5.34. The molecule has 0 saturated carbocycles. The highest BCUT2D eigenvalue weighted by Gasteiger charge is 2.22. The molecule has 1 unspecified atom stereocenters. The van der Waals surface area contributed by atoms with Crippen LogP contribution in [0.5, 0.6) is 6.01 Å². The van der Waals surface area contributed by atoms with Gasteiger partial charge in [-0.3, -0.25) is 5.43 Å². The topological polar surface area (TPSA) is 92.4 Å². The van der Waals surface area contributed by atoms with Crippen molar-refractivity contribution >= 4 is 11.9 Å². The van der Waals surface area contributed by atoms with E-state index in [2.05, 4.69) is 32.3 Å². The van der Waals surface area contributed by atoms with Crippen LogP contribution in [0.15, 0.2) is 0 Å². The van der Waals surface area contributed by atoms with E-state index in [0.717, 1.165) is 19.6 Å². The molecule has 8 heteroatoms. The van der Waals surface area contributed by atoms with Gasteiger partial charge in [0.2, 0.25) is 11.9 Å². The highest BCUT2D eigenvalue weighted by molar-refractivity contribution is 5.37. The number of hydrogen-bond acceptors (Lipinski definition) is 8. The first-order chi connectivity index (χ1) is 9.12. The van der Waals surface area contributed by atoms with Crippen LogP contribution in [0.2, 0.25) is 0 Å². The number of aromatic nitrogens is 3. The molecule has 1 aliphatic heterocycles. The maximum absolute atomic E-state index is 5.34. The molecule has 1 fully saturated rings. The van der Waals surface area contributed by atoms with E-state index in [-0.39, 0.29) is 6.01 Å². The summed E-state index contributed by atoms with van der Waals surface area (Å²) in [5.74, 6) is 6.84. The van der Waals surface area contributed by atoms with E-state index in [1.807, 2.05) is 11.9 Å². The van der Waals surface area contributed by atoms with Crippen molar-refractivity contribution < 1.29 is 4.74 Å². The Balaban J connectivity index is 2.07. The van der Waals surface area contributed by atoms with Gasteiger partial charge in [0.1, 0.15) is 0 Å². The fraction of sp³-hybridized carbons (Fsp3) is 0.727. The lowest BCUT2D eigenvalue weighted by atomic mass is 10.1. The largest absolute Gasteiger partial charge is 0.467 e. The molecule has 0 amide bonds. The fourth-order valence-corrected chi connectivity index (χ4v) is 2.32. The van der Waals surface area contributed by atoms with E-state index >= 15 is 0 Å². The summed E-state index contributed by atoms with van der Waals surface area (Å²) in [6.07, 6.45) is 1.20. The number of likely N-dealkylation sites (tertiary alicyclic amines) is 1. The normalized spacial score (nSPS) is 19.5. The van der Waals surface area contributed by atoms with Crippen LogP contribution in [0, 0.1) is 5.92 Å². The average Bonchev–Trinajstić information content (AvgIpc) is 2.83. The second-order valence-corrected chi connectivity index (χ2v) is 4.89. The third-order valence-corrected chi connectivity index (χ3v) is 3.28. The fourth-order valence-electron chi connectivity index (χ4n) is 2.32. The van der Waals surface area contributed by atoms with Gasteiger partial charge >= 0.3 is 6.01 Å². The van der Waals surface area contributed by atoms with Gasteiger partial charge in [-0.1, -0.05) is 0 Å². The highest BCUT2D eigenvalue weighted by atomic mass is 16.5. The summed E-state index contributed by atoms with van der Waals surface area (Å²) < 4.78 is 5.04. The van der Waals surface area contributed by atoms with Gasteiger partial charge in [0.25, 0.3) is 0 Å². The average molecular weight is 267 g/mol. The number of hydrogen-bond donors (Lipinski definition) is 2. The van der Waals surface area contributed by atoms with Crippen molar-refractivity contribution in [2.24, 2.45) is 11.8 Å². The van der Waals surface area contributed by atoms with Crippen molar-refractivity contribution in [2.75, 3.05) is 51.2 Å². The van der Waals surface area contributed by atoms with Crippen molar-refractivity contribution in [3.8, 4) is 6.01 Å². The lowest BCUT2D eigenvalue weighted by molar-refractivity contribution is 0.377. The zero-order valence-corrected chi connectivity index (χ0v) is 11.6. The molecular formula is C11H21N7O. The Labute approximate surface area is 112 Å². The Bertz CT molecular complexity index is 405. The Morgan fingerprint density at radius 3 is 2.84 bits per heavy atom. The van der Waals surface area contributed by atoms with E-state index in [1.165, 1.54) is 13.5 Å². The standard InChI is InChI=1S/C11H21N7O/c1-17-5-4-8(6-17)7-18(2)10-13-9(16-12)14-11(15-10)19-3/h8H,4-7,12H2,1-3H3,(H,13,14,15,16). The lowest BCUT2D eigenvalue weighted by Gasteiger charge is -2.21. The molecule has 1 aromatic heterocycles. The van der Waals surface area contributed by atoms with Crippen molar-refractivity contribution in [1.29, 1.82) is 0 Å². The minimum absolute atomic E-state index is 0.258. The molecule has 2 heterocycles. The van der Waals surface area contributed by atoms with Crippen molar-refractivity contribution in [3.05, 3.63) is 0 Å². The minimum atomic E-state index is 0.258. The highest BCUT2D eigenvalue weighted by Crippen LogP contribution is 2.19. The second kappa shape index (κ2) is 5.98. The van der Waals surface area contributed by atoms with Crippen molar-refractivity contribution in [2.45, 2.75) is 6.42 Å². The van der Waals surface area contributed by atoms with E-state index in [1.54, 1.807) is 0 Å². The molecule has 3 N–H and O–H groups in total. The third-order valence-electron chi connectivity index (χ3n) is 3.28. The molecule has 0 radical (unpaired) electrons. The van der Waals surface area contributed by atoms with Gasteiger partial charge in [0.15, 0.2) is 0 Å². The molecule has 0 aliphatic carbocycles. The maximum Gasteiger partial charge on any atom is 0.322 e. The van der Waals surface area contributed by atoms with Crippen LogP contribution in [0.25, 0.3) is 0 Å². The molecule has 2 rings (SSSR count). The second-order valence-electron chi connectivity index (χ2n) is 4.89. The zero-order valence-electron chi connectivity index (χ0n) is 11.6. The molecule has 1 saturated heterocycles. The quantitative estimate of drug-likeness (QED) is 0.547. The summed E-state index contributed by atoms with van der Waals surface area (Å²) in [4.78, 5) is 16.8. The number of nitrogens with zero attached hydrogens (tertiary/aromatic N) is 5. The molecule has 1 aliphatic rings. The monoisotopic (exact) mass is 267 g/mol. The first kappa shape index (κ1) is 13.8. The van der Waals surface area contributed by atoms with Crippen molar-refractivity contribution in [3.63, 3.8) is 0 Å². The Morgan fingerprint density at radius 2 is 2.26 bits per heavy atom. The van der Waals surface area contributed by atoms with E-state index < -0.39 is 0 Å². The van der Waals surface area contributed by atoms with E-state index in [9.17, 15) is 0 Å². The Morgan fingerprint density at radius 1 is 1.47 bits per heavy atom. The SMILES string of the molecule is COc1nc(NN)nc(N(C)CC2CCN(C)C2)n1. The third kappa shape index (κ3) is 3.42.